The molecule has 0 aliphatic rings. The number of carbonyl (C=O) groups excluding carboxylic acids is 1. The minimum Gasteiger partial charge on any atom is -0.446 e. The van der Waals surface area contributed by atoms with Crippen molar-refractivity contribution in [2.75, 3.05) is 5.73 Å². The fraction of sp³-hybridized carbons (Fsp3) is 0.333. The van der Waals surface area contributed by atoms with E-state index in [1.54, 1.807) is 6.92 Å². The molecular weight excluding hydrogens is 210 g/mol. The van der Waals surface area contributed by atoms with Crippen LogP contribution in [0, 0.1) is 0 Å². The van der Waals surface area contributed by atoms with Crippen molar-refractivity contribution in [2.45, 2.75) is 19.9 Å². The number of Topliss-reactive ketones (excluding diaryl/α,β-unsaturated/α-hetero) is 1. The van der Waals surface area contributed by atoms with Gasteiger partial charge in [-0.25, -0.2) is 4.98 Å². The highest BCUT2D eigenvalue weighted by atomic mass is 16.3. The van der Waals surface area contributed by atoms with Gasteiger partial charge < -0.3 is 10.2 Å². The summed E-state index contributed by atoms with van der Waals surface area (Å²) in [6.45, 7) is 2.03. The Morgan fingerprint density at radius 2 is 2.44 bits per heavy atom. The van der Waals surface area contributed by atoms with Crippen molar-refractivity contribution in [1.82, 2.24) is 20.0 Å². The summed E-state index contributed by atoms with van der Waals surface area (Å²) in [5, 5.41) is 7.76. The Balaban J connectivity index is 2.11. The molecule has 0 fully saturated rings. The molecule has 0 atom stereocenters. The number of ketones is 1. The highest BCUT2D eigenvalue weighted by Gasteiger charge is 2.11. The first-order valence-corrected chi connectivity index (χ1v) is 4.82. The molecule has 2 aromatic heterocycles. The second-order valence-electron chi connectivity index (χ2n) is 3.20. The fourth-order valence-corrected chi connectivity index (χ4v) is 1.20. The van der Waals surface area contributed by atoms with Crippen LogP contribution in [-0.2, 0) is 6.54 Å². The summed E-state index contributed by atoms with van der Waals surface area (Å²) in [6.07, 6.45) is 3.17. The quantitative estimate of drug-likeness (QED) is 0.754. The van der Waals surface area contributed by atoms with E-state index in [9.17, 15) is 4.79 Å². The van der Waals surface area contributed by atoms with Crippen molar-refractivity contribution < 1.29 is 9.21 Å². The first-order chi connectivity index (χ1) is 7.69. The largest absolute Gasteiger partial charge is 0.446 e. The summed E-state index contributed by atoms with van der Waals surface area (Å²) < 4.78 is 5.13. The predicted octanol–water partition coefficient (Wildman–Crippen LogP) is 0.489. The molecule has 0 unspecified atom stereocenters. The van der Waals surface area contributed by atoms with Crippen molar-refractivity contribution in [1.29, 1.82) is 0 Å². The molecule has 7 nitrogen and oxygen atoms in total. The van der Waals surface area contributed by atoms with Gasteiger partial charge in [0.15, 0.2) is 11.6 Å². The van der Waals surface area contributed by atoms with Crippen molar-refractivity contribution in [2.24, 2.45) is 0 Å². The number of anilines is 1. The highest BCUT2D eigenvalue weighted by Crippen LogP contribution is 2.06. The molecule has 84 valence electrons. The molecule has 2 aromatic rings. The zero-order chi connectivity index (χ0) is 11.5. The lowest BCUT2D eigenvalue weighted by atomic mass is 10.2. The van der Waals surface area contributed by atoms with Gasteiger partial charge in [-0.15, -0.1) is 5.10 Å². The Bertz CT molecular complexity index is 501. The van der Waals surface area contributed by atoms with Gasteiger partial charge in [-0.1, -0.05) is 6.92 Å². The number of nitrogens with zero attached hydrogens (tertiary/aromatic N) is 4. The van der Waals surface area contributed by atoms with E-state index in [1.165, 1.54) is 17.3 Å². The number of hydrogen-bond donors (Lipinski definition) is 1. The van der Waals surface area contributed by atoms with Crippen LogP contribution in [0.2, 0.25) is 0 Å². The summed E-state index contributed by atoms with van der Waals surface area (Å²) in [4.78, 5) is 16.7. The maximum Gasteiger partial charge on any atom is 0.218 e. The van der Waals surface area contributed by atoms with Gasteiger partial charge in [-0.2, -0.15) is 9.90 Å². The van der Waals surface area contributed by atoms with Crippen LogP contribution in [0.3, 0.4) is 0 Å². The molecule has 0 spiro atoms. The SMILES string of the molecule is CCC(=O)c1coc(Cn2ncc(N)n2)n1. The van der Waals surface area contributed by atoms with Crippen molar-refractivity contribution >= 4 is 11.6 Å². The van der Waals surface area contributed by atoms with Gasteiger partial charge in [0.25, 0.3) is 0 Å². The molecule has 0 aliphatic heterocycles. The van der Waals surface area contributed by atoms with Crippen LogP contribution >= 0.6 is 0 Å². The van der Waals surface area contributed by atoms with Crippen molar-refractivity contribution in [3.63, 3.8) is 0 Å². The smallest absolute Gasteiger partial charge is 0.218 e. The van der Waals surface area contributed by atoms with Crippen LogP contribution in [-0.4, -0.2) is 25.8 Å². The monoisotopic (exact) mass is 221 g/mol. The third-order valence-corrected chi connectivity index (χ3v) is 1.99. The van der Waals surface area contributed by atoms with Crippen molar-refractivity contribution in [3.8, 4) is 0 Å². The molecule has 2 N–H and O–H groups in total. The Labute approximate surface area is 91.3 Å². The Morgan fingerprint density at radius 1 is 1.62 bits per heavy atom. The zero-order valence-corrected chi connectivity index (χ0v) is 8.75. The first kappa shape index (κ1) is 10.3. The summed E-state index contributed by atoms with van der Waals surface area (Å²) in [5.41, 5.74) is 5.74. The van der Waals surface area contributed by atoms with E-state index < -0.39 is 0 Å². The Morgan fingerprint density at radius 3 is 3.06 bits per heavy atom. The lowest BCUT2D eigenvalue weighted by Crippen LogP contribution is -2.05. The van der Waals surface area contributed by atoms with E-state index in [0.717, 1.165) is 0 Å². The van der Waals surface area contributed by atoms with E-state index in [-0.39, 0.29) is 12.3 Å². The number of nitrogen functional groups attached to an aromatic ring is 1. The third kappa shape index (κ3) is 2.08. The van der Waals surface area contributed by atoms with Gasteiger partial charge >= 0.3 is 0 Å². The van der Waals surface area contributed by atoms with Gasteiger partial charge in [0, 0.05) is 6.42 Å². The topological polar surface area (TPSA) is 99.8 Å². The number of carbonyl (C=O) groups is 1. The molecule has 2 rings (SSSR count). The molecule has 0 amide bonds. The number of nitrogens with two attached hydrogens (primary N) is 1. The maximum atomic E-state index is 11.3. The van der Waals surface area contributed by atoms with E-state index >= 15 is 0 Å². The third-order valence-electron chi connectivity index (χ3n) is 1.99. The van der Waals surface area contributed by atoms with Crippen LogP contribution in [0.4, 0.5) is 5.82 Å². The first-order valence-electron chi connectivity index (χ1n) is 4.82. The number of aromatic nitrogens is 4. The number of oxazole rings is 1. The average molecular weight is 221 g/mol. The fourth-order valence-electron chi connectivity index (χ4n) is 1.20. The molecule has 16 heavy (non-hydrogen) atoms. The van der Waals surface area contributed by atoms with E-state index in [2.05, 4.69) is 15.2 Å². The normalized spacial score (nSPS) is 10.6. The Kier molecular flexibility index (Phi) is 2.67. The summed E-state index contributed by atoms with van der Waals surface area (Å²) in [7, 11) is 0. The molecule has 0 saturated heterocycles. The standard InChI is InChI=1S/C9H11N5O2/c1-2-7(15)6-5-16-9(12-6)4-14-11-3-8(10)13-14/h3,5H,2,4H2,1H3,(H2,10,13). The molecular formula is C9H11N5O2. The van der Waals surface area contributed by atoms with Crippen LogP contribution in [0.15, 0.2) is 16.9 Å². The highest BCUT2D eigenvalue weighted by molar-refractivity contribution is 5.93. The molecule has 0 radical (unpaired) electrons. The summed E-state index contributed by atoms with van der Waals surface area (Å²) in [5.74, 6) is 0.659. The lowest BCUT2D eigenvalue weighted by molar-refractivity contribution is 0.0983. The summed E-state index contributed by atoms with van der Waals surface area (Å²) in [6, 6.07) is 0. The zero-order valence-electron chi connectivity index (χ0n) is 8.75. The Hall–Kier alpha value is -2.18. The second-order valence-corrected chi connectivity index (χ2v) is 3.20. The maximum absolute atomic E-state index is 11.3. The van der Waals surface area contributed by atoms with Gasteiger partial charge in [-0.3, -0.25) is 4.79 Å². The molecule has 2 heterocycles. The van der Waals surface area contributed by atoms with Crippen LogP contribution < -0.4 is 5.73 Å². The van der Waals surface area contributed by atoms with Gasteiger partial charge in [0.05, 0.1) is 6.20 Å². The van der Waals surface area contributed by atoms with Crippen LogP contribution in [0.5, 0.6) is 0 Å². The molecule has 0 bridgehead atoms. The molecule has 7 heteroatoms. The van der Waals surface area contributed by atoms with Gasteiger partial charge in [0.1, 0.15) is 18.5 Å². The number of rotatable bonds is 4. The van der Waals surface area contributed by atoms with Crippen molar-refractivity contribution in [3.05, 3.63) is 24.0 Å². The minimum atomic E-state index is -0.0528. The van der Waals surface area contributed by atoms with Crippen LogP contribution in [0.25, 0.3) is 0 Å². The van der Waals surface area contributed by atoms with E-state index in [1.807, 2.05) is 0 Å². The second kappa shape index (κ2) is 4.13. The minimum absolute atomic E-state index is 0.0528. The van der Waals surface area contributed by atoms with E-state index in [4.69, 9.17) is 10.2 Å². The van der Waals surface area contributed by atoms with Gasteiger partial charge in [0.2, 0.25) is 5.89 Å². The average Bonchev–Trinajstić information content (AvgIpc) is 2.87. The van der Waals surface area contributed by atoms with E-state index in [0.29, 0.717) is 23.8 Å². The lowest BCUT2D eigenvalue weighted by Gasteiger charge is -1.92. The number of hydrogen-bond acceptors (Lipinski definition) is 6. The molecule has 0 aromatic carbocycles. The van der Waals surface area contributed by atoms with Crippen LogP contribution in [0.1, 0.15) is 29.7 Å². The molecule has 0 saturated carbocycles. The summed E-state index contributed by atoms with van der Waals surface area (Å²) >= 11 is 0. The van der Waals surface area contributed by atoms with Gasteiger partial charge in [-0.05, 0) is 0 Å². The predicted molar refractivity (Wildman–Crippen MR) is 54.7 cm³/mol. The molecule has 0 aliphatic carbocycles.